The summed E-state index contributed by atoms with van der Waals surface area (Å²) in [5.74, 6) is 0. The van der Waals surface area contributed by atoms with Crippen LogP contribution in [0.4, 0.5) is 0 Å². The lowest BCUT2D eigenvalue weighted by molar-refractivity contribution is -0.0485. The highest BCUT2D eigenvalue weighted by Crippen LogP contribution is 2.09. The second-order valence-electron chi connectivity index (χ2n) is 2.82. The second-order valence-corrected chi connectivity index (χ2v) is 2.82. The Morgan fingerprint density at radius 1 is 1.25 bits per heavy atom. The Morgan fingerprint density at radius 2 is 1.75 bits per heavy atom. The maximum Gasteiger partial charge on any atom is 0.133 e. The summed E-state index contributed by atoms with van der Waals surface area (Å²) in [5.41, 5.74) is 8.63. The first-order valence-corrected chi connectivity index (χ1v) is 3.60. The van der Waals surface area contributed by atoms with E-state index < -0.39 is 31.1 Å². The van der Waals surface area contributed by atoms with Gasteiger partial charge in [0.05, 0.1) is 25.4 Å². The molecule has 3 unspecified atom stereocenters. The van der Waals surface area contributed by atoms with Crippen molar-refractivity contribution in [1.29, 1.82) is 0 Å². The number of aliphatic hydroxyl groups excluding tert-OH is 3. The fourth-order valence-corrected chi connectivity index (χ4v) is 0.751. The van der Waals surface area contributed by atoms with E-state index in [0.717, 1.165) is 0 Å². The summed E-state index contributed by atoms with van der Waals surface area (Å²) >= 11 is 0. The highest BCUT2D eigenvalue weighted by Gasteiger charge is 2.31. The lowest BCUT2D eigenvalue weighted by Gasteiger charge is -2.29. The zero-order valence-electron chi connectivity index (χ0n) is 6.72. The molecule has 0 aromatic rings. The molecule has 6 heteroatoms. The van der Waals surface area contributed by atoms with Crippen LogP contribution in [0.15, 0.2) is 0 Å². The number of nitrogens with two attached hydrogens (primary N) is 2. The smallest absolute Gasteiger partial charge is 0.133 e. The van der Waals surface area contributed by atoms with E-state index in [9.17, 15) is 5.11 Å². The van der Waals surface area contributed by atoms with Crippen LogP contribution in [-0.2, 0) is 0 Å². The van der Waals surface area contributed by atoms with Gasteiger partial charge in [-0.2, -0.15) is 0 Å². The monoisotopic (exact) mass is 180 g/mol. The molecule has 0 heterocycles. The zero-order chi connectivity index (χ0) is 9.78. The minimum absolute atomic E-state index is 0.273. The van der Waals surface area contributed by atoms with E-state index in [1.807, 2.05) is 0 Å². The Kier molecular flexibility index (Phi) is 4.61. The van der Waals surface area contributed by atoms with Crippen LogP contribution in [0.2, 0.25) is 0 Å². The summed E-state index contributed by atoms with van der Waals surface area (Å²) in [6.07, 6.45) is -1.40. The zero-order valence-corrected chi connectivity index (χ0v) is 6.72. The molecule has 0 aromatic carbocycles. The van der Waals surface area contributed by atoms with Gasteiger partial charge in [-0.1, -0.05) is 0 Å². The summed E-state index contributed by atoms with van der Waals surface area (Å²) < 4.78 is 0. The van der Waals surface area contributed by atoms with Gasteiger partial charge in [-0.25, -0.2) is 0 Å². The summed E-state index contributed by atoms with van der Waals surface area (Å²) in [4.78, 5) is 0. The molecule has 74 valence electrons. The first-order valence-electron chi connectivity index (χ1n) is 3.60. The van der Waals surface area contributed by atoms with Crippen molar-refractivity contribution in [2.45, 2.75) is 24.3 Å². The van der Waals surface area contributed by atoms with Crippen molar-refractivity contribution in [1.82, 2.24) is 0 Å². The highest BCUT2D eigenvalue weighted by molar-refractivity contribution is 4.85. The number of hydrogen-bond acceptors (Lipinski definition) is 6. The number of aliphatic hydroxyl groups is 4. The van der Waals surface area contributed by atoms with Gasteiger partial charge in [-0.3, -0.25) is 0 Å². The van der Waals surface area contributed by atoms with Gasteiger partial charge in [0.1, 0.15) is 5.72 Å². The molecule has 12 heavy (non-hydrogen) atoms. The van der Waals surface area contributed by atoms with Gasteiger partial charge in [0.25, 0.3) is 0 Å². The predicted octanol–water partition coefficient (Wildman–Crippen LogP) is -3.30. The van der Waals surface area contributed by atoms with Crippen LogP contribution in [0.1, 0.15) is 6.42 Å². The average Bonchev–Trinajstić information content (AvgIpc) is 2.02. The summed E-state index contributed by atoms with van der Waals surface area (Å²) in [6, 6.07) is -1.03. The molecule has 0 aromatic heterocycles. The van der Waals surface area contributed by atoms with Crippen molar-refractivity contribution in [3.63, 3.8) is 0 Å². The van der Waals surface area contributed by atoms with E-state index in [1.165, 1.54) is 0 Å². The van der Waals surface area contributed by atoms with Gasteiger partial charge < -0.3 is 31.9 Å². The van der Waals surface area contributed by atoms with E-state index >= 15 is 0 Å². The third kappa shape index (κ3) is 3.44. The van der Waals surface area contributed by atoms with Crippen LogP contribution in [0, 0.1) is 0 Å². The van der Waals surface area contributed by atoms with Crippen molar-refractivity contribution in [2.75, 3.05) is 13.2 Å². The largest absolute Gasteiger partial charge is 0.395 e. The minimum Gasteiger partial charge on any atom is -0.395 e. The van der Waals surface area contributed by atoms with Crippen LogP contribution in [-0.4, -0.2) is 51.5 Å². The third-order valence-corrected chi connectivity index (χ3v) is 1.61. The quantitative estimate of drug-likeness (QED) is 0.245. The molecule has 0 spiro atoms. The molecule has 0 saturated carbocycles. The molecule has 0 aliphatic rings. The van der Waals surface area contributed by atoms with Gasteiger partial charge >= 0.3 is 0 Å². The SMILES string of the molecule is NC(CO)C(N)(O)CC(O)CO. The van der Waals surface area contributed by atoms with Gasteiger partial charge in [0, 0.05) is 6.42 Å². The Bertz CT molecular complexity index is 131. The summed E-state index contributed by atoms with van der Waals surface area (Å²) in [6.45, 7) is -0.983. The molecule has 0 radical (unpaired) electrons. The maximum atomic E-state index is 9.31. The van der Waals surface area contributed by atoms with Crippen LogP contribution < -0.4 is 11.5 Å². The normalized spacial score (nSPS) is 21.5. The van der Waals surface area contributed by atoms with Crippen molar-refractivity contribution in [3.05, 3.63) is 0 Å². The molecular weight excluding hydrogens is 164 g/mol. The second kappa shape index (κ2) is 4.70. The predicted molar refractivity (Wildman–Crippen MR) is 41.9 cm³/mol. The first-order chi connectivity index (χ1) is 5.44. The van der Waals surface area contributed by atoms with E-state index in [2.05, 4.69) is 0 Å². The van der Waals surface area contributed by atoms with Gasteiger partial charge in [0.15, 0.2) is 0 Å². The molecule has 8 N–H and O–H groups in total. The molecule has 0 amide bonds. The topological polar surface area (TPSA) is 133 Å². The minimum atomic E-state index is -1.85. The van der Waals surface area contributed by atoms with Crippen molar-refractivity contribution in [2.24, 2.45) is 11.5 Å². The Hall–Kier alpha value is -0.240. The van der Waals surface area contributed by atoms with E-state index in [1.54, 1.807) is 0 Å². The Morgan fingerprint density at radius 3 is 2.08 bits per heavy atom. The molecule has 0 fully saturated rings. The standard InChI is InChI=1S/C6H16N2O4/c7-5(3-10)6(8,12)1-4(11)2-9/h4-5,9-12H,1-3,7-8H2. The molecule has 6 nitrogen and oxygen atoms in total. The van der Waals surface area contributed by atoms with Crippen LogP contribution in [0.3, 0.4) is 0 Å². The van der Waals surface area contributed by atoms with Crippen molar-refractivity contribution < 1.29 is 20.4 Å². The average molecular weight is 180 g/mol. The first kappa shape index (κ1) is 11.8. The van der Waals surface area contributed by atoms with Crippen molar-refractivity contribution in [3.8, 4) is 0 Å². The Labute approximate surface area is 70.4 Å². The van der Waals surface area contributed by atoms with Gasteiger partial charge in [-0.15, -0.1) is 0 Å². The Balaban J connectivity index is 4.02. The molecule has 0 rings (SSSR count). The molecular formula is C6H16N2O4. The highest BCUT2D eigenvalue weighted by atomic mass is 16.3. The number of rotatable bonds is 5. The van der Waals surface area contributed by atoms with Crippen LogP contribution >= 0.6 is 0 Å². The fraction of sp³-hybridized carbons (Fsp3) is 1.00. The fourth-order valence-electron chi connectivity index (χ4n) is 0.751. The van der Waals surface area contributed by atoms with Gasteiger partial charge in [-0.05, 0) is 0 Å². The molecule has 3 atom stereocenters. The maximum absolute atomic E-state index is 9.31. The van der Waals surface area contributed by atoms with Crippen molar-refractivity contribution >= 4 is 0 Å². The summed E-state index contributed by atoms with van der Waals surface area (Å²) in [5, 5.41) is 35.2. The van der Waals surface area contributed by atoms with E-state index in [0.29, 0.717) is 0 Å². The van der Waals surface area contributed by atoms with Crippen LogP contribution in [0.5, 0.6) is 0 Å². The lowest BCUT2D eigenvalue weighted by Crippen LogP contribution is -2.58. The summed E-state index contributed by atoms with van der Waals surface area (Å²) in [7, 11) is 0. The lowest BCUT2D eigenvalue weighted by atomic mass is 9.99. The molecule has 0 saturated heterocycles. The van der Waals surface area contributed by atoms with Crippen LogP contribution in [0.25, 0.3) is 0 Å². The molecule has 0 aliphatic heterocycles. The number of hydrogen-bond donors (Lipinski definition) is 6. The third-order valence-electron chi connectivity index (χ3n) is 1.61. The van der Waals surface area contributed by atoms with E-state index in [-0.39, 0.29) is 6.42 Å². The molecule has 0 aliphatic carbocycles. The van der Waals surface area contributed by atoms with Gasteiger partial charge in [0.2, 0.25) is 0 Å². The van der Waals surface area contributed by atoms with E-state index in [4.69, 9.17) is 26.8 Å². The molecule has 0 bridgehead atoms.